The van der Waals surface area contributed by atoms with Crippen LogP contribution in [0.25, 0.3) is 0 Å². The van der Waals surface area contributed by atoms with Gasteiger partial charge in [0, 0.05) is 0 Å². The van der Waals surface area contributed by atoms with Crippen LogP contribution in [0.5, 0.6) is 0 Å². The van der Waals surface area contributed by atoms with Crippen molar-refractivity contribution in [3.05, 3.63) is 34.4 Å². The Morgan fingerprint density at radius 3 is 2.37 bits per heavy atom. The lowest BCUT2D eigenvalue weighted by atomic mass is 9.86. The fraction of sp³-hybridized carbons (Fsp3) is 0.692. The molecule has 0 heterocycles. The van der Waals surface area contributed by atoms with Crippen LogP contribution >= 0.6 is 0 Å². The van der Waals surface area contributed by atoms with E-state index < -0.39 is 11.4 Å². The minimum absolute atomic E-state index is 0.116. The summed E-state index contributed by atoms with van der Waals surface area (Å²) in [7, 11) is 0. The van der Waals surface area contributed by atoms with Gasteiger partial charge in [-0.25, -0.2) is 0 Å². The minimum Gasteiger partial charge on any atom is -0.481 e. The third-order valence-corrected chi connectivity index (χ3v) is 6.87. The molecule has 0 atom stereocenters. The van der Waals surface area contributed by atoms with Crippen LogP contribution in [0, 0.1) is 19.3 Å². The van der Waals surface area contributed by atoms with Crippen molar-refractivity contribution in [1.82, 2.24) is 0 Å². The Hall–Kier alpha value is -1.84. The number of hydrogen-bond acceptors (Lipinski definition) is 3. The van der Waals surface area contributed by atoms with E-state index in [9.17, 15) is 14.7 Å². The lowest BCUT2D eigenvalue weighted by molar-refractivity contribution is -0.147. The van der Waals surface area contributed by atoms with Gasteiger partial charge >= 0.3 is 5.97 Å². The summed E-state index contributed by atoms with van der Waals surface area (Å²) in [6, 6.07) is 4.70. The van der Waals surface area contributed by atoms with Crippen LogP contribution in [-0.4, -0.2) is 23.1 Å². The van der Waals surface area contributed by atoms with Gasteiger partial charge in [0.15, 0.2) is 0 Å². The number of carboxylic acid groups (broad SMARTS) is 1. The maximum Gasteiger partial charge on any atom is 0.309 e. The first-order valence-electron chi connectivity index (χ1n) is 11.6. The molecule has 0 aliphatic heterocycles. The van der Waals surface area contributed by atoms with Crippen LogP contribution in [0.4, 0.5) is 0 Å². The Bertz CT molecular complexity index is 716. The molecule has 1 fully saturated rings. The average molecular weight is 417 g/mol. The molecule has 1 aliphatic carbocycles. The number of carbonyl (C=O) groups is 2. The summed E-state index contributed by atoms with van der Waals surface area (Å²) in [4.78, 5) is 21.8. The first-order valence-corrected chi connectivity index (χ1v) is 11.6. The van der Waals surface area contributed by atoms with E-state index in [1.54, 1.807) is 0 Å². The SMILES string of the molecule is Cc1cc(CCCCCC2(OC=O)CC2)cc(CCCCCC(C)(C)C(=O)O)c1C. The van der Waals surface area contributed by atoms with Gasteiger partial charge in [0.2, 0.25) is 0 Å². The van der Waals surface area contributed by atoms with Crippen LogP contribution in [-0.2, 0) is 27.2 Å². The summed E-state index contributed by atoms with van der Waals surface area (Å²) in [5.41, 5.74) is 4.89. The van der Waals surface area contributed by atoms with Gasteiger partial charge in [-0.15, -0.1) is 0 Å². The van der Waals surface area contributed by atoms with E-state index in [1.807, 2.05) is 13.8 Å². The number of carboxylic acids is 1. The number of benzene rings is 1. The normalized spacial score (nSPS) is 15.1. The Morgan fingerprint density at radius 2 is 1.73 bits per heavy atom. The van der Waals surface area contributed by atoms with E-state index in [0.717, 1.165) is 64.2 Å². The van der Waals surface area contributed by atoms with Crippen molar-refractivity contribution >= 4 is 12.4 Å². The van der Waals surface area contributed by atoms with E-state index in [0.29, 0.717) is 6.47 Å². The molecule has 0 aromatic heterocycles. The highest BCUT2D eigenvalue weighted by molar-refractivity contribution is 5.73. The third kappa shape index (κ3) is 7.45. The Kier molecular flexibility index (Phi) is 8.93. The molecule has 0 bridgehead atoms. The lowest BCUT2D eigenvalue weighted by Crippen LogP contribution is -2.23. The van der Waals surface area contributed by atoms with E-state index >= 15 is 0 Å². The van der Waals surface area contributed by atoms with E-state index in [-0.39, 0.29) is 5.60 Å². The van der Waals surface area contributed by atoms with E-state index in [4.69, 9.17) is 4.74 Å². The standard InChI is InChI=1S/C26H40O4/c1-20-17-22(11-7-5-10-14-26(15-16-26)30-19-27)18-23(21(20)2)12-8-6-9-13-25(3,4)24(28)29/h17-19H,5-16H2,1-4H3,(H,28,29). The number of aliphatic carboxylic acids is 1. The monoisotopic (exact) mass is 416 g/mol. The molecule has 0 spiro atoms. The second-order valence-corrected chi connectivity index (χ2v) is 9.90. The molecule has 0 amide bonds. The highest BCUT2D eigenvalue weighted by Gasteiger charge is 2.44. The van der Waals surface area contributed by atoms with Gasteiger partial charge in [-0.05, 0) is 108 Å². The van der Waals surface area contributed by atoms with E-state index in [2.05, 4.69) is 26.0 Å². The summed E-state index contributed by atoms with van der Waals surface area (Å²) < 4.78 is 5.23. The molecule has 4 heteroatoms. The number of ether oxygens (including phenoxy) is 1. The summed E-state index contributed by atoms with van der Waals surface area (Å²) in [5, 5.41) is 9.22. The van der Waals surface area contributed by atoms with Crippen LogP contribution < -0.4 is 0 Å². The first kappa shape index (κ1) is 24.4. The van der Waals surface area contributed by atoms with Crippen LogP contribution in [0.2, 0.25) is 0 Å². The molecular weight excluding hydrogens is 376 g/mol. The predicted molar refractivity (Wildman–Crippen MR) is 121 cm³/mol. The van der Waals surface area contributed by atoms with Gasteiger partial charge in [0.05, 0.1) is 5.41 Å². The zero-order valence-electron chi connectivity index (χ0n) is 19.4. The summed E-state index contributed by atoms with van der Waals surface area (Å²) >= 11 is 0. The predicted octanol–water partition coefficient (Wildman–Crippen LogP) is 6.33. The van der Waals surface area contributed by atoms with Crippen molar-refractivity contribution in [2.45, 2.75) is 110 Å². The molecule has 0 radical (unpaired) electrons. The molecule has 4 nitrogen and oxygen atoms in total. The molecular formula is C26H40O4. The maximum absolute atomic E-state index is 11.2. The number of unbranched alkanes of at least 4 members (excludes halogenated alkanes) is 4. The Morgan fingerprint density at radius 1 is 1.07 bits per heavy atom. The van der Waals surface area contributed by atoms with Crippen LogP contribution in [0.1, 0.15) is 100 Å². The van der Waals surface area contributed by atoms with Crippen LogP contribution in [0.3, 0.4) is 0 Å². The van der Waals surface area contributed by atoms with Gasteiger partial charge in [-0.1, -0.05) is 31.4 Å². The van der Waals surface area contributed by atoms with Crippen molar-refractivity contribution in [2.75, 3.05) is 0 Å². The molecule has 1 aromatic carbocycles. The summed E-state index contributed by atoms with van der Waals surface area (Å²) in [6.07, 6.45) is 12.6. The van der Waals surface area contributed by atoms with Gasteiger partial charge in [0.25, 0.3) is 6.47 Å². The Balaban J connectivity index is 1.73. The van der Waals surface area contributed by atoms with Crippen molar-refractivity contribution in [2.24, 2.45) is 5.41 Å². The second kappa shape index (κ2) is 11.0. The number of hydrogen-bond donors (Lipinski definition) is 1. The quantitative estimate of drug-likeness (QED) is 0.268. The minimum atomic E-state index is -0.703. The zero-order chi connectivity index (χ0) is 22.2. The molecule has 2 rings (SSSR count). The van der Waals surface area contributed by atoms with Gasteiger partial charge in [0.1, 0.15) is 5.60 Å². The number of aryl methyl sites for hydroxylation is 3. The lowest BCUT2D eigenvalue weighted by Gasteiger charge is -2.18. The smallest absolute Gasteiger partial charge is 0.309 e. The molecule has 1 N–H and O–H groups in total. The Labute approximate surface area is 182 Å². The molecule has 0 unspecified atom stereocenters. The molecule has 30 heavy (non-hydrogen) atoms. The molecule has 168 valence electrons. The highest BCUT2D eigenvalue weighted by Crippen LogP contribution is 2.43. The van der Waals surface area contributed by atoms with Gasteiger partial charge in [-0.3, -0.25) is 9.59 Å². The first-order chi connectivity index (χ1) is 14.2. The molecule has 0 saturated heterocycles. The second-order valence-electron chi connectivity index (χ2n) is 9.90. The maximum atomic E-state index is 11.2. The van der Waals surface area contributed by atoms with Crippen molar-refractivity contribution in [3.63, 3.8) is 0 Å². The van der Waals surface area contributed by atoms with Gasteiger partial charge in [-0.2, -0.15) is 0 Å². The number of carbonyl (C=O) groups excluding carboxylic acids is 1. The van der Waals surface area contributed by atoms with E-state index in [1.165, 1.54) is 35.1 Å². The number of rotatable bonds is 15. The molecule has 1 aliphatic rings. The molecule has 1 saturated carbocycles. The van der Waals surface area contributed by atoms with Crippen molar-refractivity contribution in [1.29, 1.82) is 0 Å². The summed E-state index contributed by atoms with van der Waals surface area (Å²) in [5.74, 6) is -0.703. The molecule has 1 aromatic rings. The zero-order valence-corrected chi connectivity index (χ0v) is 19.4. The van der Waals surface area contributed by atoms with Crippen LogP contribution in [0.15, 0.2) is 12.1 Å². The summed E-state index contributed by atoms with van der Waals surface area (Å²) in [6.45, 7) is 8.64. The average Bonchev–Trinajstić information content (AvgIpc) is 3.44. The largest absolute Gasteiger partial charge is 0.481 e. The third-order valence-electron chi connectivity index (χ3n) is 6.87. The fourth-order valence-corrected chi connectivity index (χ4v) is 4.20. The fourth-order valence-electron chi connectivity index (χ4n) is 4.20. The topological polar surface area (TPSA) is 63.6 Å². The highest BCUT2D eigenvalue weighted by atomic mass is 16.5. The van der Waals surface area contributed by atoms with Crippen molar-refractivity contribution in [3.8, 4) is 0 Å². The van der Waals surface area contributed by atoms with Gasteiger partial charge < -0.3 is 9.84 Å². The van der Waals surface area contributed by atoms with Crippen molar-refractivity contribution < 1.29 is 19.4 Å².